The number of nitrogens with one attached hydrogen (secondary N) is 1. The van der Waals surface area contributed by atoms with E-state index in [0.29, 0.717) is 27.4 Å². The molecule has 0 aliphatic rings. The van der Waals surface area contributed by atoms with Gasteiger partial charge < -0.3 is 0 Å². The molecule has 0 amide bonds. The molecule has 0 atom stereocenters. The second-order valence-electron chi connectivity index (χ2n) is 6.05. The third-order valence-electron chi connectivity index (χ3n) is 4.19. The molecule has 0 radical (unpaired) electrons. The molecule has 28 heavy (non-hydrogen) atoms. The van der Waals surface area contributed by atoms with E-state index in [-0.39, 0.29) is 0 Å². The quantitative estimate of drug-likeness (QED) is 0.513. The monoisotopic (exact) mass is 425 g/mol. The Balaban J connectivity index is 1.82. The van der Waals surface area contributed by atoms with Gasteiger partial charge in [-0.2, -0.15) is 36.3 Å². The number of nitrogens with zero attached hydrogens (tertiary/aromatic N) is 2. The van der Waals surface area contributed by atoms with Crippen LogP contribution in [0, 0.1) is 0 Å². The zero-order valence-electron chi connectivity index (χ0n) is 13.9. The number of hydrogen-bond acceptors (Lipinski definition) is 3. The first-order valence-electron chi connectivity index (χ1n) is 7.91. The fourth-order valence-electron chi connectivity index (χ4n) is 2.89. The molecular formula is C18H11ClF3N3O2S. The normalized spacial score (nSPS) is 12.6. The van der Waals surface area contributed by atoms with Crippen LogP contribution < -0.4 is 4.83 Å². The lowest BCUT2D eigenvalue weighted by Crippen LogP contribution is -2.24. The summed E-state index contributed by atoms with van der Waals surface area (Å²) in [6.07, 6.45) is -3.20. The van der Waals surface area contributed by atoms with Crippen LogP contribution in [0.25, 0.3) is 21.7 Å². The van der Waals surface area contributed by atoms with Gasteiger partial charge in [0.25, 0.3) is 10.0 Å². The van der Waals surface area contributed by atoms with E-state index >= 15 is 0 Å². The second kappa shape index (κ2) is 6.39. The van der Waals surface area contributed by atoms with Gasteiger partial charge in [-0.25, -0.2) is 0 Å². The van der Waals surface area contributed by atoms with E-state index in [2.05, 4.69) is 9.93 Å². The number of benzene rings is 3. The van der Waals surface area contributed by atoms with Crippen LogP contribution in [0.1, 0.15) is 5.56 Å². The maximum Gasteiger partial charge on any atom is 0.416 e. The minimum absolute atomic E-state index is 0.463. The fraction of sp³-hybridized carbons (Fsp3) is 0.0556. The van der Waals surface area contributed by atoms with Crippen molar-refractivity contribution >= 4 is 43.3 Å². The Morgan fingerprint density at radius 3 is 2.50 bits per heavy atom. The van der Waals surface area contributed by atoms with Crippen LogP contribution in [0.2, 0.25) is 5.02 Å². The van der Waals surface area contributed by atoms with Crippen LogP contribution in [0.5, 0.6) is 0 Å². The number of fused-ring (bicyclic) bond motifs is 3. The van der Waals surface area contributed by atoms with Crippen LogP contribution >= 0.6 is 11.6 Å². The van der Waals surface area contributed by atoms with Crippen molar-refractivity contribution in [2.75, 3.05) is 4.83 Å². The summed E-state index contributed by atoms with van der Waals surface area (Å²) in [5.41, 5.74) is -0.592. The average molecular weight is 426 g/mol. The van der Waals surface area contributed by atoms with Gasteiger partial charge in [-0.15, -0.1) is 0 Å². The Morgan fingerprint density at radius 1 is 1.00 bits per heavy atom. The zero-order valence-corrected chi connectivity index (χ0v) is 15.5. The van der Waals surface area contributed by atoms with Crippen LogP contribution in [0.15, 0.2) is 65.7 Å². The molecule has 0 bridgehead atoms. The molecule has 0 fully saturated rings. The Kier molecular flexibility index (Phi) is 4.24. The molecule has 1 N–H and O–H groups in total. The highest BCUT2D eigenvalue weighted by molar-refractivity contribution is 7.92. The first-order valence-corrected chi connectivity index (χ1v) is 9.77. The zero-order chi connectivity index (χ0) is 20.1. The minimum Gasteiger partial charge on any atom is -0.200 e. The highest BCUT2D eigenvalue weighted by Gasteiger charge is 2.31. The number of aromatic nitrogens is 2. The summed E-state index contributed by atoms with van der Waals surface area (Å²) < 4.78 is 64.0. The molecule has 0 saturated carbocycles. The highest BCUT2D eigenvalue weighted by atomic mass is 35.5. The molecule has 0 unspecified atom stereocenters. The molecule has 1 aromatic heterocycles. The number of hydrogen-bond donors (Lipinski definition) is 1. The Hall–Kier alpha value is -2.78. The molecular weight excluding hydrogens is 415 g/mol. The predicted octanol–water partition coefficient (Wildman–Crippen LogP) is 4.79. The molecule has 10 heteroatoms. The summed E-state index contributed by atoms with van der Waals surface area (Å²) in [6, 6.07) is 12.2. The van der Waals surface area contributed by atoms with Crippen molar-refractivity contribution in [3.05, 3.63) is 71.4 Å². The largest absolute Gasteiger partial charge is 0.416 e. The van der Waals surface area contributed by atoms with Crippen LogP contribution in [-0.4, -0.2) is 18.3 Å². The van der Waals surface area contributed by atoms with Crippen molar-refractivity contribution in [1.29, 1.82) is 0 Å². The number of halogens is 4. The lowest BCUT2D eigenvalue weighted by molar-refractivity contribution is -0.137. The van der Waals surface area contributed by atoms with E-state index in [9.17, 15) is 21.6 Å². The summed E-state index contributed by atoms with van der Waals surface area (Å²) in [5, 5.41) is 6.64. The molecule has 4 aromatic rings. The molecule has 0 spiro atoms. The molecule has 144 valence electrons. The molecule has 0 aliphatic heterocycles. The summed E-state index contributed by atoms with van der Waals surface area (Å²) in [5.74, 6) is 0. The molecule has 5 nitrogen and oxygen atoms in total. The molecule has 0 saturated heterocycles. The van der Waals surface area contributed by atoms with Gasteiger partial charge in [0, 0.05) is 15.8 Å². The van der Waals surface area contributed by atoms with Crippen molar-refractivity contribution in [1.82, 2.24) is 9.89 Å². The number of alkyl halides is 3. The summed E-state index contributed by atoms with van der Waals surface area (Å²) in [6.45, 7) is 0. The molecule has 0 aliphatic carbocycles. The lowest BCUT2D eigenvalue weighted by Gasteiger charge is -2.12. The molecule has 3 aromatic carbocycles. The lowest BCUT2D eigenvalue weighted by atomic mass is 10.1. The predicted molar refractivity (Wildman–Crippen MR) is 100 cm³/mol. The fourth-order valence-corrected chi connectivity index (χ4v) is 4.09. The van der Waals surface area contributed by atoms with E-state index in [4.69, 9.17) is 11.6 Å². The minimum atomic E-state index is -4.65. The molecule has 1 heterocycles. The Bertz CT molecular complexity index is 1320. The average Bonchev–Trinajstić information content (AvgIpc) is 3.03. The van der Waals surface area contributed by atoms with Crippen LogP contribution in [0.3, 0.4) is 0 Å². The van der Waals surface area contributed by atoms with Crippen molar-refractivity contribution < 1.29 is 21.6 Å². The summed E-state index contributed by atoms with van der Waals surface area (Å²) >= 11 is 6.00. The van der Waals surface area contributed by atoms with Crippen molar-refractivity contribution in [3.63, 3.8) is 0 Å². The van der Waals surface area contributed by atoms with Gasteiger partial charge >= 0.3 is 6.18 Å². The van der Waals surface area contributed by atoms with E-state index in [1.807, 2.05) is 6.07 Å². The SMILES string of the molecule is O=S(=O)(Nn1ncc2ccc3cc(Cl)ccc3c21)c1cccc(C(F)(F)F)c1. The van der Waals surface area contributed by atoms with Gasteiger partial charge in [-0.3, -0.25) is 0 Å². The van der Waals surface area contributed by atoms with Crippen molar-refractivity contribution in [2.45, 2.75) is 11.1 Å². The number of rotatable bonds is 3. The number of sulfonamides is 1. The third kappa shape index (κ3) is 3.27. The van der Waals surface area contributed by atoms with E-state index < -0.39 is 26.7 Å². The first-order chi connectivity index (χ1) is 13.1. The van der Waals surface area contributed by atoms with Crippen LogP contribution in [-0.2, 0) is 16.2 Å². The Labute approximate surface area is 162 Å². The van der Waals surface area contributed by atoms with Crippen molar-refractivity contribution in [2.24, 2.45) is 0 Å². The third-order valence-corrected chi connectivity index (χ3v) is 5.71. The summed E-state index contributed by atoms with van der Waals surface area (Å²) in [4.78, 5) is 2.73. The molecule has 4 rings (SSSR count). The van der Waals surface area contributed by atoms with E-state index in [0.717, 1.165) is 28.4 Å². The van der Waals surface area contributed by atoms with Gasteiger partial charge in [0.15, 0.2) is 0 Å². The van der Waals surface area contributed by atoms with Gasteiger partial charge in [0.1, 0.15) is 5.52 Å². The second-order valence-corrected chi connectivity index (χ2v) is 8.14. The van der Waals surface area contributed by atoms with Gasteiger partial charge in [0.05, 0.1) is 16.7 Å². The van der Waals surface area contributed by atoms with E-state index in [1.165, 1.54) is 6.20 Å². The van der Waals surface area contributed by atoms with Crippen LogP contribution in [0.4, 0.5) is 13.2 Å². The standard InChI is InChI=1S/C18H11ClF3N3O2S/c19-14-6-7-16-11(8-14)4-5-12-10-23-25(17(12)16)24-28(26,27)15-3-1-2-13(9-15)18(20,21)22/h1-10,24H. The summed E-state index contributed by atoms with van der Waals surface area (Å²) in [7, 11) is -4.31. The topological polar surface area (TPSA) is 64.0 Å². The maximum absolute atomic E-state index is 12.9. The van der Waals surface area contributed by atoms with Gasteiger partial charge in [0.2, 0.25) is 0 Å². The first kappa shape index (κ1) is 18.6. The van der Waals surface area contributed by atoms with Gasteiger partial charge in [-0.05, 0) is 35.7 Å². The van der Waals surface area contributed by atoms with Crippen molar-refractivity contribution in [3.8, 4) is 0 Å². The Morgan fingerprint density at radius 2 is 1.75 bits per heavy atom. The maximum atomic E-state index is 12.9. The smallest absolute Gasteiger partial charge is 0.200 e. The highest BCUT2D eigenvalue weighted by Crippen LogP contribution is 2.31. The van der Waals surface area contributed by atoms with E-state index in [1.54, 1.807) is 24.3 Å². The van der Waals surface area contributed by atoms with Gasteiger partial charge in [-0.1, -0.05) is 35.9 Å².